The molecule has 3 rings (SSSR count). The van der Waals surface area contributed by atoms with Crippen LogP contribution in [0.4, 0.5) is 0 Å². The Morgan fingerprint density at radius 3 is 1.28 bits per heavy atom. The summed E-state index contributed by atoms with van der Waals surface area (Å²) in [5.41, 5.74) is 3.80. The van der Waals surface area contributed by atoms with Gasteiger partial charge in [-0.05, 0) is 35.4 Å². The van der Waals surface area contributed by atoms with Crippen LogP contribution in [0, 0.1) is 0 Å². The predicted octanol–water partition coefficient (Wildman–Crippen LogP) is 4.78. The van der Waals surface area contributed by atoms with Gasteiger partial charge in [0.1, 0.15) is 0 Å². The smallest absolute Gasteiger partial charge is 0.195 e. The summed E-state index contributed by atoms with van der Waals surface area (Å²) >= 11 is 6.78. The Balaban J connectivity index is 2.00. The van der Waals surface area contributed by atoms with E-state index in [9.17, 15) is 4.79 Å². The van der Waals surface area contributed by atoms with Gasteiger partial charge in [-0.2, -0.15) is 0 Å². The highest BCUT2D eigenvalue weighted by Crippen LogP contribution is 2.35. The molecular weight excluding hydrogens is 356 g/mol. The molecule has 0 N–H and O–H groups in total. The fourth-order valence-corrected chi connectivity index (χ4v) is 2.48. The molecule has 0 atom stereocenters. The van der Waals surface area contributed by atoms with Gasteiger partial charge in [0.05, 0.1) is 0 Å². The van der Waals surface area contributed by atoms with E-state index in [1.54, 1.807) is 0 Å². The molecule has 0 amide bonds. The van der Waals surface area contributed by atoms with Crippen molar-refractivity contribution in [3.05, 3.63) is 67.7 Å². The summed E-state index contributed by atoms with van der Waals surface area (Å²) in [4.78, 5) is 11.9. The standard InChI is InChI=1S/C15H8Br2O/c16-11-5-1-9(2-6-11)13-14(15(13)18)10-3-7-12(17)8-4-10/h1-8H. The number of rotatable bonds is 2. The first kappa shape index (κ1) is 11.9. The molecule has 3 aromatic carbocycles. The van der Waals surface area contributed by atoms with E-state index in [-0.39, 0.29) is 5.43 Å². The van der Waals surface area contributed by atoms with E-state index in [0.717, 1.165) is 31.2 Å². The Bertz CT molecular complexity index is 641. The number of benzene rings is 2. The molecule has 0 radical (unpaired) electrons. The summed E-state index contributed by atoms with van der Waals surface area (Å²) in [5.74, 6) is 0. The second kappa shape index (κ2) is 4.48. The van der Waals surface area contributed by atoms with Crippen LogP contribution in [-0.4, -0.2) is 0 Å². The fraction of sp³-hybridized carbons (Fsp3) is 0. The second-order valence-corrected chi connectivity index (χ2v) is 5.92. The number of halogens is 2. The first-order valence-electron chi connectivity index (χ1n) is 5.47. The Hall–Kier alpha value is -1.19. The zero-order valence-corrected chi connectivity index (χ0v) is 12.5. The van der Waals surface area contributed by atoms with E-state index in [2.05, 4.69) is 31.9 Å². The highest BCUT2D eigenvalue weighted by atomic mass is 79.9. The van der Waals surface area contributed by atoms with E-state index >= 15 is 0 Å². The second-order valence-electron chi connectivity index (χ2n) is 4.09. The zero-order chi connectivity index (χ0) is 12.7. The Kier molecular flexibility index (Phi) is 2.96. The maximum absolute atomic E-state index is 11.9. The van der Waals surface area contributed by atoms with Crippen LogP contribution < -0.4 is 5.43 Å². The summed E-state index contributed by atoms with van der Waals surface area (Å²) in [6.07, 6.45) is 0. The third-order valence-corrected chi connectivity index (χ3v) is 3.96. The Labute approximate surface area is 121 Å². The normalized spacial score (nSPS) is 11.0. The maximum atomic E-state index is 11.9. The van der Waals surface area contributed by atoms with Crippen molar-refractivity contribution < 1.29 is 0 Å². The van der Waals surface area contributed by atoms with Crippen molar-refractivity contribution in [2.45, 2.75) is 0 Å². The van der Waals surface area contributed by atoms with Crippen molar-refractivity contribution in [2.75, 3.05) is 0 Å². The van der Waals surface area contributed by atoms with Gasteiger partial charge in [0.2, 0.25) is 0 Å². The van der Waals surface area contributed by atoms with Gasteiger partial charge < -0.3 is 0 Å². The van der Waals surface area contributed by atoms with E-state index < -0.39 is 0 Å². The van der Waals surface area contributed by atoms with Crippen molar-refractivity contribution in [2.24, 2.45) is 0 Å². The van der Waals surface area contributed by atoms with Crippen LogP contribution in [0.15, 0.2) is 62.3 Å². The van der Waals surface area contributed by atoms with Crippen molar-refractivity contribution >= 4 is 31.9 Å². The van der Waals surface area contributed by atoms with Gasteiger partial charge in [0.25, 0.3) is 0 Å². The molecule has 3 aromatic rings. The summed E-state index contributed by atoms with van der Waals surface area (Å²) < 4.78 is 2.04. The molecule has 0 aromatic heterocycles. The molecule has 0 bridgehead atoms. The first-order valence-corrected chi connectivity index (χ1v) is 7.06. The summed E-state index contributed by atoms with van der Waals surface area (Å²) in [7, 11) is 0. The Morgan fingerprint density at radius 2 is 0.944 bits per heavy atom. The largest absolute Gasteiger partial charge is 0.289 e. The average molecular weight is 364 g/mol. The molecule has 0 spiro atoms. The van der Waals surface area contributed by atoms with E-state index in [1.165, 1.54) is 0 Å². The molecule has 0 unspecified atom stereocenters. The lowest BCUT2D eigenvalue weighted by Gasteiger charge is -1.95. The third kappa shape index (κ3) is 2.08. The van der Waals surface area contributed by atoms with Crippen LogP contribution in [0.5, 0.6) is 0 Å². The first-order chi connectivity index (χ1) is 8.66. The van der Waals surface area contributed by atoms with E-state index in [1.807, 2.05) is 48.5 Å². The van der Waals surface area contributed by atoms with Crippen LogP contribution in [-0.2, 0) is 0 Å². The lowest BCUT2D eigenvalue weighted by molar-refractivity contribution is 1.64. The molecule has 0 heterocycles. The third-order valence-electron chi connectivity index (χ3n) is 2.91. The van der Waals surface area contributed by atoms with Gasteiger partial charge in [-0.25, -0.2) is 0 Å². The summed E-state index contributed by atoms with van der Waals surface area (Å²) in [6.45, 7) is 0. The molecule has 3 heteroatoms. The molecule has 0 aliphatic rings. The molecule has 0 saturated carbocycles. The highest BCUT2D eigenvalue weighted by molar-refractivity contribution is 9.10. The minimum Gasteiger partial charge on any atom is -0.289 e. The average Bonchev–Trinajstić information content (AvgIpc) is 3.03. The minimum absolute atomic E-state index is 0.152. The lowest BCUT2D eigenvalue weighted by atomic mass is 10.1. The number of hydrogen-bond donors (Lipinski definition) is 0. The topological polar surface area (TPSA) is 17.1 Å². The van der Waals surface area contributed by atoms with Crippen molar-refractivity contribution in [3.8, 4) is 22.3 Å². The zero-order valence-electron chi connectivity index (χ0n) is 9.28. The van der Waals surface area contributed by atoms with Gasteiger partial charge in [-0.15, -0.1) is 0 Å². The van der Waals surface area contributed by atoms with Gasteiger partial charge >= 0.3 is 0 Å². The Morgan fingerprint density at radius 1 is 0.611 bits per heavy atom. The van der Waals surface area contributed by atoms with Crippen molar-refractivity contribution in [3.63, 3.8) is 0 Å². The molecule has 1 nitrogen and oxygen atoms in total. The quantitative estimate of drug-likeness (QED) is 0.640. The van der Waals surface area contributed by atoms with Crippen molar-refractivity contribution in [1.29, 1.82) is 0 Å². The van der Waals surface area contributed by atoms with Gasteiger partial charge in [0, 0.05) is 20.1 Å². The van der Waals surface area contributed by atoms with Crippen molar-refractivity contribution in [1.82, 2.24) is 0 Å². The van der Waals surface area contributed by atoms with Crippen LogP contribution in [0.1, 0.15) is 0 Å². The van der Waals surface area contributed by atoms with Crippen LogP contribution in [0.25, 0.3) is 22.3 Å². The van der Waals surface area contributed by atoms with Crippen LogP contribution in [0.2, 0.25) is 0 Å². The molecular formula is C15H8Br2O. The molecule has 0 fully saturated rings. The molecule has 0 aliphatic heterocycles. The minimum atomic E-state index is 0.152. The van der Waals surface area contributed by atoms with Gasteiger partial charge in [-0.1, -0.05) is 56.1 Å². The van der Waals surface area contributed by atoms with E-state index in [4.69, 9.17) is 0 Å². The molecule has 0 aliphatic carbocycles. The molecule has 0 saturated heterocycles. The fourth-order valence-electron chi connectivity index (χ4n) is 1.95. The lowest BCUT2D eigenvalue weighted by Crippen LogP contribution is -1.77. The monoisotopic (exact) mass is 362 g/mol. The van der Waals surface area contributed by atoms with Gasteiger partial charge in [0.15, 0.2) is 5.43 Å². The number of hydrogen-bond acceptors (Lipinski definition) is 1. The predicted molar refractivity (Wildman–Crippen MR) is 81.4 cm³/mol. The summed E-state index contributed by atoms with van der Waals surface area (Å²) in [5, 5.41) is 0. The van der Waals surface area contributed by atoms with Gasteiger partial charge in [-0.3, -0.25) is 4.79 Å². The van der Waals surface area contributed by atoms with Crippen LogP contribution in [0.3, 0.4) is 0 Å². The van der Waals surface area contributed by atoms with Crippen LogP contribution >= 0.6 is 31.9 Å². The highest BCUT2D eigenvalue weighted by Gasteiger charge is 2.24. The SMILES string of the molecule is O=c1c(-c2ccc(Br)cc2)c1-c1ccc(Br)cc1. The molecule has 18 heavy (non-hydrogen) atoms. The summed E-state index contributed by atoms with van der Waals surface area (Å²) in [6, 6.07) is 15.7. The van der Waals surface area contributed by atoms with E-state index in [0.29, 0.717) is 0 Å². The maximum Gasteiger partial charge on any atom is 0.195 e. The molecule has 88 valence electrons.